The van der Waals surface area contributed by atoms with Gasteiger partial charge in [0, 0.05) is 19.4 Å². The molecule has 84 valence electrons. The van der Waals surface area contributed by atoms with Crippen molar-refractivity contribution < 1.29 is 14.3 Å². The second-order valence-electron chi connectivity index (χ2n) is 2.38. The lowest BCUT2D eigenvalue weighted by atomic mass is 10.3. The van der Waals surface area contributed by atoms with E-state index in [-0.39, 0.29) is 11.9 Å². The molecule has 0 aromatic heterocycles. The molecule has 14 heavy (non-hydrogen) atoms. The van der Waals surface area contributed by atoms with Crippen LogP contribution in [0.25, 0.3) is 0 Å². The Labute approximate surface area is 86.0 Å². The Morgan fingerprint density at radius 1 is 1.29 bits per heavy atom. The Hall–Kier alpha value is -1.06. The van der Waals surface area contributed by atoms with Crippen LogP contribution in [0.4, 0.5) is 0 Å². The Kier molecular flexibility index (Phi) is 13.1. The van der Waals surface area contributed by atoms with Crippen LogP contribution < -0.4 is 5.32 Å². The zero-order valence-electron chi connectivity index (χ0n) is 9.55. The molecule has 1 N–H and O–H groups in total. The van der Waals surface area contributed by atoms with Gasteiger partial charge in [-0.1, -0.05) is 20.8 Å². The van der Waals surface area contributed by atoms with Gasteiger partial charge in [0.2, 0.25) is 5.91 Å². The van der Waals surface area contributed by atoms with E-state index in [1.807, 2.05) is 13.8 Å². The molecule has 1 amide bonds. The predicted molar refractivity (Wildman–Crippen MR) is 55.9 cm³/mol. The van der Waals surface area contributed by atoms with Crippen molar-refractivity contribution in [1.82, 2.24) is 5.32 Å². The molecule has 0 heterocycles. The molecule has 0 saturated heterocycles. The number of carbonyl (C=O) groups excluding carboxylic acids is 2. The number of methoxy groups -OCH3 is 1. The number of hydrogen-bond acceptors (Lipinski definition) is 3. The van der Waals surface area contributed by atoms with Gasteiger partial charge in [-0.05, 0) is 6.42 Å². The zero-order valence-corrected chi connectivity index (χ0v) is 9.55. The van der Waals surface area contributed by atoms with Crippen LogP contribution in [0.1, 0.15) is 40.0 Å². The largest absolute Gasteiger partial charge is 0.469 e. The molecular formula is C10H21NO3. The molecular weight excluding hydrogens is 182 g/mol. The van der Waals surface area contributed by atoms with Gasteiger partial charge in [0.1, 0.15) is 0 Å². The van der Waals surface area contributed by atoms with Crippen LogP contribution in [-0.2, 0) is 14.3 Å². The highest BCUT2D eigenvalue weighted by Crippen LogP contribution is 1.89. The monoisotopic (exact) mass is 203 g/mol. The standard InChI is InChI=1S/C8H15NO3.C2H6/c1-3-7(10)9-6-4-5-8(11)12-2;1-2/h3-6H2,1-2H3,(H,9,10);1-2H3. The fourth-order valence-electron chi connectivity index (χ4n) is 0.688. The number of nitrogens with one attached hydrogen (secondary N) is 1. The highest BCUT2D eigenvalue weighted by Gasteiger charge is 2.00. The molecule has 0 spiro atoms. The second-order valence-corrected chi connectivity index (χ2v) is 2.38. The average Bonchev–Trinajstić information content (AvgIpc) is 2.26. The number of carbonyl (C=O) groups is 2. The van der Waals surface area contributed by atoms with E-state index < -0.39 is 0 Å². The third-order valence-corrected chi connectivity index (χ3v) is 1.43. The molecule has 0 fully saturated rings. The maximum atomic E-state index is 10.7. The maximum absolute atomic E-state index is 10.7. The molecule has 4 heteroatoms. The molecule has 4 nitrogen and oxygen atoms in total. The van der Waals surface area contributed by atoms with Crippen LogP contribution in [0, 0.1) is 0 Å². The fourth-order valence-corrected chi connectivity index (χ4v) is 0.688. The molecule has 0 radical (unpaired) electrons. The summed E-state index contributed by atoms with van der Waals surface area (Å²) >= 11 is 0. The first-order valence-corrected chi connectivity index (χ1v) is 5.04. The Morgan fingerprint density at radius 3 is 2.29 bits per heavy atom. The number of amides is 1. The van der Waals surface area contributed by atoms with Crippen molar-refractivity contribution in [3.8, 4) is 0 Å². The SMILES string of the molecule is CC.CCC(=O)NCCCC(=O)OC. The van der Waals surface area contributed by atoms with Crippen LogP contribution in [0.15, 0.2) is 0 Å². The summed E-state index contributed by atoms with van der Waals surface area (Å²) in [6.45, 7) is 6.33. The molecule has 0 aliphatic heterocycles. The molecule has 0 rings (SSSR count). The van der Waals surface area contributed by atoms with E-state index in [9.17, 15) is 9.59 Å². The van der Waals surface area contributed by atoms with Gasteiger partial charge in [-0.25, -0.2) is 0 Å². The topological polar surface area (TPSA) is 55.4 Å². The first kappa shape index (κ1) is 15.4. The molecule has 0 aliphatic rings. The summed E-state index contributed by atoms with van der Waals surface area (Å²) in [4.78, 5) is 21.3. The Morgan fingerprint density at radius 2 is 1.86 bits per heavy atom. The highest BCUT2D eigenvalue weighted by molar-refractivity contribution is 5.75. The number of rotatable bonds is 5. The van der Waals surface area contributed by atoms with E-state index >= 15 is 0 Å². The second kappa shape index (κ2) is 11.9. The smallest absolute Gasteiger partial charge is 0.305 e. The molecule has 0 aromatic carbocycles. The van der Waals surface area contributed by atoms with Crippen molar-refractivity contribution in [3.05, 3.63) is 0 Å². The lowest BCUT2D eigenvalue weighted by Gasteiger charge is -2.01. The molecule has 0 saturated carbocycles. The quantitative estimate of drug-likeness (QED) is 0.544. The third-order valence-electron chi connectivity index (χ3n) is 1.43. The van der Waals surface area contributed by atoms with Crippen LogP contribution in [0.5, 0.6) is 0 Å². The molecule has 0 aromatic rings. The summed E-state index contributed by atoms with van der Waals surface area (Å²) in [5, 5.41) is 2.67. The minimum absolute atomic E-state index is 0.0138. The van der Waals surface area contributed by atoms with Crippen LogP contribution >= 0.6 is 0 Å². The van der Waals surface area contributed by atoms with E-state index in [4.69, 9.17) is 0 Å². The van der Waals surface area contributed by atoms with Crippen molar-refractivity contribution in [2.45, 2.75) is 40.0 Å². The molecule has 0 bridgehead atoms. The third kappa shape index (κ3) is 10.9. The normalized spacial score (nSPS) is 8.29. The summed E-state index contributed by atoms with van der Waals surface area (Å²) in [5.74, 6) is -0.222. The number of esters is 1. The summed E-state index contributed by atoms with van der Waals surface area (Å²) in [6.07, 6.45) is 1.48. The highest BCUT2D eigenvalue weighted by atomic mass is 16.5. The zero-order chi connectivity index (χ0) is 11.4. The molecule has 0 unspecified atom stereocenters. The van der Waals surface area contributed by atoms with E-state index in [0.717, 1.165) is 0 Å². The summed E-state index contributed by atoms with van der Waals surface area (Å²) in [5.41, 5.74) is 0. The molecule has 0 atom stereocenters. The van der Waals surface area contributed by atoms with Crippen LogP contribution in [-0.4, -0.2) is 25.5 Å². The van der Waals surface area contributed by atoms with Crippen molar-refractivity contribution >= 4 is 11.9 Å². The lowest BCUT2D eigenvalue weighted by molar-refractivity contribution is -0.140. The summed E-state index contributed by atoms with van der Waals surface area (Å²) in [6, 6.07) is 0. The van der Waals surface area contributed by atoms with Gasteiger partial charge in [-0.2, -0.15) is 0 Å². The number of ether oxygens (including phenoxy) is 1. The first-order chi connectivity index (χ1) is 6.70. The van der Waals surface area contributed by atoms with Gasteiger partial charge in [-0.15, -0.1) is 0 Å². The first-order valence-electron chi connectivity index (χ1n) is 5.04. The lowest BCUT2D eigenvalue weighted by Crippen LogP contribution is -2.23. The van der Waals surface area contributed by atoms with Gasteiger partial charge < -0.3 is 10.1 Å². The van der Waals surface area contributed by atoms with Crippen molar-refractivity contribution in [1.29, 1.82) is 0 Å². The Bertz CT molecular complexity index is 139. The minimum Gasteiger partial charge on any atom is -0.469 e. The van der Waals surface area contributed by atoms with Crippen LogP contribution in [0.2, 0.25) is 0 Å². The van der Waals surface area contributed by atoms with E-state index in [1.165, 1.54) is 7.11 Å². The average molecular weight is 203 g/mol. The van der Waals surface area contributed by atoms with E-state index in [0.29, 0.717) is 25.8 Å². The van der Waals surface area contributed by atoms with Gasteiger partial charge in [0.05, 0.1) is 7.11 Å². The number of hydrogen-bond donors (Lipinski definition) is 1. The van der Waals surface area contributed by atoms with Crippen molar-refractivity contribution in [2.75, 3.05) is 13.7 Å². The molecule has 0 aliphatic carbocycles. The van der Waals surface area contributed by atoms with Crippen molar-refractivity contribution in [2.24, 2.45) is 0 Å². The van der Waals surface area contributed by atoms with E-state index in [2.05, 4.69) is 10.1 Å². The van der Waals surface area contributed by atoms with Gasteiger partial charge in [0.15, 0.2) is 0 Å². The maximum Gasteiger partial charge on any atom is 0.305 e. The van der Waals surface area contributed by atoms with Crippen molar-refractivity contribution in [3.63, 3.8) is 0 Å². The van der Waals surface area contributed by atoms with Gasteiger partial charge in [-0.3, -0.25) is 9.59 Å². The predicted octanol–water partition coefficient (Wildman–Crippen LogP) is 1.49. The van der Waals surface area contributed by atoms with Gasteiger partial charge in [0.25, 0.3) is 0 Å². The Balaban J connectivity index is 0. The minimum atomic E-state index is -0.235. The summed E-state index contributed by atoms with van der Waals surface area (Å²) < 4.78 is 4.43. The van der Waals surface area contributed by atoms with Crippen LogP contribution in [0.3, 0.4) is 0 Å². The van der Waals surface area contributed by atoms with E-state index in [1.54, 1.807) is 6.92 Å². The summed E-state index contributed by atoms with van der Waals surface area (Å²) in [7, 11) is 1.35. The van der Waals surface area contributed by atoms with Gasteiger partial charge >= 0.3 is 5.97 Å². The fraction of sp³-hybridized carbons (Fsp3) is 0.800.